The van der Waals surface area contributed by atoms with Crippen LogP contribution in [0.25, 0.3) is 0 Å². The zero-order chi connectivity index (χ0) is 12.8. The molecule has 2 rings (SSSR count). The third kappa shape index (κ3) is 3.20. The predicted octanol–water partition coefficient (Wildman–Crippen LogP) is 3.39. The van der Waals surface area contributed by atoms with E-state index >= 15 is 0 Å². The molecular weight excluding hydrogens is 224 g/mol. The SMILES string of the molecule is Cc1ccccc1C(=O)OCCc1ccccc1. The van der Waals surface area contributed by atoms with Crippen molar-refractivity contribution in [2.45, 2.75) is 13.3 Å². The van der Waals surface area contributed by atoms with E-state index in [4.69, 9.17) is 4.74 Å². The standard InChI is InChI=1S/C16H16O2/c1-13-7-5-6-10-15(13)16(17)18-12-11-14-8-3-2-4-9-14/h2-10H,11-12H2,1H3. The molecule has 0 aliphatic heterocycles. The summed E-state index contributed by atoms with van der Waals surface area (Å²) in [5.74, 6) is -0.246. The van der Waals surface area contributed by atoms with Crippen LogP contribution in [0.2, 0.25) is 0 Å². The predicted molar refractivity (Wildman–Crippen MR) is 71.6 cm³/mol. The van der Waals surface area contributed by atoms with E-state index in [1.807, 2.05) is 55.5 Å². The summed E-state index contributed by atoms with van der Waals surface area (Å²) in [6.07, 6.45) is 0.748. The lowest BCUT2D eigenvalue weighted by Gasteiger charge is -2.06. The van der Waals surface area contributed by atoms with Gasteiger partial charge in [-0.1, -0.05) is 48.5 Å². The molecule has 92 valence electrons. The van der Waals surface area contributed by atoms with Crippen molar-refractivity contribution in [1.29, 1.82) is 0 Å². The lowest BCUT2D eigenvalue weighted by Crippen LogP contribution is -2.09. The molecule has 18 heavy (non-hydrogen) atoms. The summed E-state index contributed by atoms with van der Waals surface area (Å²) >= 11 is 0. The van der Waals surface area contributed by atoms with Crippen molar-refractivity contribution in [3.05, 3.63) is 71.3 Å². The lowest BCUT2D eigenvalue weighted by atomic mass is 10.1. The first-order chi connectivity index (χ1) is 8.77. The van der Waals surface area contributed by atoms with Crippen molar-refractivity contribution in [2.75, 3.05) is 6.61 Å². The van der Waals surface area contributed by atoms with Crippen molar-refractivity contribution in [3.63, 3.8) is 0 Å². The highest BCUT2D eigenvalue weighted by Gasteiger charge is 2.08. The maximum atomic E-state index is 11.8. The molecule has 2 aromatic rings. The highest BCUT2D eigenvalue weighted by molar-refractivity contribution is 5.90. The molecule has 0 spiro atoms. The van der Waals surface area contributed by atoms with Gasteiger partial charge in [-0.3, -0.25) is 0 Å². The molecule has 2 nitrogen and oxygen atoms in total. The second kappa shape index (κ2) is 6.01. The molecule has 0 heterocycles. The van der Waals surface area contributed by atoms with Gasteiger partial charge in [-0.2, -0.15) is 0 Å². The number of benzene rings is 2. The number of esters is 1. The molecule has 0 amide bonds. The first-order valence-electron chi connectivity index (χ1n) is 6.04. The van der Waals surface area contributed by atoms with Gasteiger partial charge in [-0.05, 0) is 24.1 Å². The highest BCUT2D eigenvalue weighted by Crippen LogP contribution is 2.09. The van der Waals surface area contributed by atoms with Crippen LogP contribution >= 0.6 is 0 Å². The third-order valence-corrected chi connectivity index (χ3v) is 2.83. The Hall–Kier alpha value is -2.09. The molecule has 2 aromatic carbocycles. The first-order valence-corrected chi connectivity index (χ1v) is 6.04. The zero-order valence-electron chi connectivity index (χ0n) is 10.4. The van der Waals surface area contributed by atoms with Crippen molar-refractivity contribution < 1.29 is 9.53 Å². The Balaban J connectivity index is 1.88. The van der Waals surface area contributed by atoms with Gasteiger partial charge in [0, 0.05) is 6.42 Å². The summed E-state index contributed by atoms with van der Waals surface area (Å²) in [4.78, 5) is 11.8. The summed E-state index contributed by atoms with van der Waals surface area (Å²) < 4.78 is 5.27. The highest BCUT2D eigenvalue weighted by atomic mass is 16.5. The topological polar surface area (TPSA) is 26.3 Å². The largest absolute Gasteiger partial charge is 0.462 e. The van der Waals surface area contributed by atoms with E-state index in [-0.39, 0.29) is 5.97 Å². The fourth-order valence-corrected chi connectivity index (χ4v) is 1.79. The maximum absolute atomic E-state index is 11.8. The van der Waals surface area contributed by atoms with Crippen LogP contribution in [0.4, 0.5) is 0 Å². The molecular formula is C16H16O2. The second-order valence-corrected chi connectivity index (χ2v) is 4.19. The van der Waals surface area contributed by atoms with Gasteiger partial charge in [0.2, 0.25) is 0 Å². The Bertz CT molecular complexity index is 518. The average Bonchev–Trinajstić information content (AvgIpc) is 2.40. The number of hydrogen-bond donors (Lipinski definition) is 0. The van der Waals surface area contributed by atoms with Crippen LogP contribution in [0.3, 0.4) is 0 Å². The van der Waals surface area contributed by atoms with E-state index in [2.05, 4.69) is 0 Å². The first kappa shape index (κ1) is 12.4. The molecule has 2 heteroatoms. The van der Waals surface area contributed by atoms with Crippen molar-refractivity contribution in [1.82, 2.24) is 0 Å². The van der Waals surface area contributed by atoms with E-state index in [9.17, 15) is 4.79 Å². The normalized spacial score (nSPS) is 10.1. The van der Waals surface area contributed by atoms with E-state index < -0.39 is 0 Å². The van der Waals surface area contributed by atoms with Gasteiger partial charge in [0.25, 0.3) is 0 Å². The second-order valence-electron chi connectivity index (χ2n) is 4.19. The van der Waals surface area contributed by atoms with Gasteiger partial charge >= 0.3 is 5.97 Å². The molecule has 0 atom stereocenters. The minimum Gasteiger partial charge on any atom is -0.462 e. The summed E-state index contributed by atoms with van der Waals surface area (Å²) in [6, 6.07) is 17.5. The quantitative estimate of drug-likeness (QED) is 0.766. The van der Waals surface area contributed by atoms with E-state index in [0.29, 0.717) is 12.2 Å². The van der Waals surface area contributed by atoms with Crippen LogP contribution in [0, 0.1) is 6.92 Å². The van der Waals surface area contributed by atoms with Crippen LogP contribution in [-0.2, 0) is 11.2 Å². The zero-order valence-corrected chi connectivity index (χ0v) is 10.4. The maximum Gasteiger partial charge on any atom is 0.338 e. The van der Waals surface area contributed by atoms with Crippen LogP contribution in [0.5, 0.6) is 0 Å². The Kier molecular flexibility index (Phi) is 4.13. The summed E-state index contributed by atoms with van der Waals surface area (Å²) in [5.41, 5.74) is 2.77. The Morgan fingerprint density at radius 2 is 1.67 bits per heavy atom. The van der Waals surface area contributed by atoms with Gasteiger partial charge in [0.1, 0.15) is 0 Å². The molecule has 0 fully saturated rings. The van der Waals surface area contributed by atoms with Gasteiger partial charge in [0.05, 0.1) is 12.2 Å². The van der Waals surface area contributed by atoms with E-state index in [0.717, 1.165) is 12.0 Å². The molecule has 0 aromatic heterocycles. The monoisotopic (exact) mass is 240 g/mol. The molecule has 0 radical (unpaired) electrons. The van der Waals surface area contributed by atoms with E-state index in [1.165, 1.54) is 5.56 Å². The minimum atomic E-state index is -0.246. The van der Waals surface area contributed by atoms with Crippen molar-refractivity contribution >= 4 is 5.97 Å². The molecule has 0 bridgehead atoms. The number of rotatable bonds is 4. The summed E-state index contributed by atoms with van der Waals surface area (Å²) in [5, 5.41) is 0. The minimum absolute atomic E-state index is 0.246. The third-order valence-electron chi connectivity index (χ3n) is 2.83. The summed E-state index contributed by atoms with van der Waals surface area (Å²) in [6.45, 7) is 2.32. The number of ether oxygens (including phenoxy) is 1. The molecule has 0 unspecified atom stereocenters. The molecule has 0 N–H and O–H groups in total. The molecule has 0 aliphatic carbocycles. The number of carbonyl (C=O) groups is 1. The smallest absolute Gasteiger partial charge is 0.338 e. The molecule has 0 saturated carbocycles. The summed E-state index contributed by atoms with van der Waals surface area (Å²) in [7, 11) is 0. The lowest BCUT2D eigenvalue weighted by molar-refractivity contribution is 0.0508. The Morgan fingerprint density at radius 1 is 1.00 bits per heavy atom. The van der Waals surface area contributed by atoms with Gasteiger partial charge in [-0.15, -0.1) is 0 Å². The van der Waals surface area contributed by atoms with Crippen molar-refractivity contribution in [3.8, 4) is 0 Å². The van der Waals surface area contributed by atoms with Crippen LogP contribution in [-0.4, -0.2) is 12.6 Å². The number of aryl methyl sites for hydroxylation is 1. The molecule has 0 aliphatic rings. The van der Waals surface area contributed by atoms with Gasteiger partial charge < -0.3 is 4.74 Å². The van der Waals surface area contributed by atoms with Crippen molar-refractivity contribution in [2.24, 2.45) is 0 Å². The average molecular weight is 240 g/mol. The fraction of sp³-hybridized carbons (Fsp3) is 0.188. The fourth-order valence-electron chi connectivity index (χ4n) is 1.79. The number of carbonyl (C=O) groups excluding carboxylic acids is 1. The van der Waals surface area contributed by atoms with Crippen LogP contribution in [0.15, 0.2) is 54.6 Å². The number of hydrogen-bond acceptors (Lipinski definition) is 2. The van der Waals surface area contributed by atoms with Gasteiger partial charge in [-0.25, -0.2) is 4.79 Å². The molecule has 0 saturated heterocycles. The van der Waals surface area contributed by atoms with E-state index in [1.54, 1.807) is 6.07 Å². The van der Waals surface area contributed by atoms with Crippen LogP contribution < -0.4 is 0 Å². The Labute approximate surface area is 107 Å². The Morgan fingerprint density at radius 3 is 2.39 bits per heavy atom. The van der Waals surface area contributed by atoms with Crippen LogP contribution in [0.1, 0.15) is 21.5 Å². The van der Waals surface area contributed by atoms with Gasteiger partial charge in [0.15, 0.2) is 0 Å².